The Morgan fingerprint density at radius 2 is 0.614 bits per heavy atom. The van der Waals surface area contributed by atoms with Gasteiger partial charge in [0.25, 0.3) is 0 Å². The molecule has 6 nitrogen and oxygen atoms in total. The maximum absolute atomic E-state index is 12.7. The summed E-state index contributed by atoms with van der Waals surface area (Å²) >= 11 is 0. The van der Waals surface area contributed by atoms with Gasteiger partial charge in [0.05, 0.1) is 0 Å². The molecule has 0 saturated carbocycles. The van der Waals surface area contributed by atoms with Crippen LogP contribution in [0.1, 0.15) is 285 Å². The van der Waals surface area contributed by atoms with Crippen molar-refractivity contribution < 1.29 is 28.6 Å². The number of hydrogen-bond acceptors (Lipinski definition) is 6. The topological polar surface area (TPSA) is 78.9 Å². The molecule has 0 spiro atoms. The first-order valence-electron chi connectivity index (χ1n) is 25.4. The Kier molecular flexibility index (Phi) is 44.2. The molecule has 0 amide bonds. The maximum atomic E-state index is 12.7. The van der Waals surface area contributed by atoms with Crippen LogP contribution in [0.4, 0.5) is 0 Å². The van der Waals surface area contributed by atoms with E-state index >= 15 is 0 Å². The minimum absolute atomic E-state index is 0.0636. The van der Waals surface area contributed by atoms with Crippen LogP contribution in [0.15, 0.2) is 0 Å². The van der Waals surface area contributed by atoms with Gasteiger partial charge in [0.15, 0.2) is 6.10 Å². The second kappa shape index (κ2) is 45.5. The van der Waals surface area contributed by atoms with Crippen molar-refractivity contribution in [1.29, 1.82) is 0 Å². The van der Waals surface area contributed by atoms with Gasteiger partial charge in [-0.25, -0.2) is 0 Å². The number of hydrogen-bond donors (Lipinski definition) is 0. The van der Waals surface area contributed by atoms with E-state index in [1.807, 2.05) is 0 Å². The highest BCUT2D eigenvalue weighted by atomic mass is 16.6. The summed E-state index contributed by atoms with van der Waals surface area (Å²) in [6.07, 6.45) is 46.7. The molecule has 0 rings (SSSR count). The number of esters is 3. The van der Waals surface area contributed by atoms with Crippen molar-refractivity contribution in [2.24, 2.45) is 5.92 Å². The minimum Gasteiger partial charge on any atom is -0.462 e. The molecular formula is C51H98O6. The summed E-state index contributed by atoms with van der Waals surface area (Å²) in [6.45, 7) is 9.02. The first-order chi connectivity index (χ1) is 27.9. The molecule has 0 radical (unpaired) electrons. The van der Waals surface area contributed by atoms with Crippen LogP contribution in [0.3, 0.4) is 0 Å². The van der Waals surface area contributed by atoms with E-state index in [4.69, 9.17) is 14.2 Å². The summed E-state index contributed by atoms with van der Waals surface area (Å²) in [4.78, 5) is 37.7. The summed E-state index contributed by atoms with van der Waals surface area (Å²) in [5.41, 5.74) is 0. The quantitative estimate of drug-likeness (QED) is 0.0346. The first kappa shape index (κ1) is 55.4. The molecular weight excluding hydrogens is 709 g/mol. The van der Waals surface area contributed by atoms with Gasteiger partial charge in [0.2, 0.25) is 0 Å². The number of unbranched alkanes of at least 4 members (excludes halogenated alkanes) is 32. The van der Waals surface area contributed by atoms with E-state index in [1.165, 1.54) is 180 Å². The van der Waals surface area contributed by atoms with Crippen molar-refractivity contribution >= 4 is 17.9 Å². The maximum Gasteiger partial charge on any atom is 0.306 e. The Bertz CT molecular complexity index is 859. The lowest BCUT2D eigenvalue weighted by Crippen LogP contribution is -2.30. The third-order valence-electron chi connectivity index (χ3n) is 11.9. The lowest BCUT2D eigenvalue weighted by atomic mass is 9.99. The van der Waals surface area contributed by atoms with Gasteiger partial charge in [0, 0.05) is 19.3 Å². The molecule has 0 heterocycles. The van der Waals surface area contributed by atoms with Crippen LogP contribution in [0.5, 0.6) is 0 Å². The molecule has 0 bridgehead atoms. The van der Waals surface area contributed by atoms with Crippen molar-refractivity contribution in [3.05, 3.63) is 0 Å². The molecule has 0 N–H and O–H groups in total. The van der Waals surface area contributed by atoms with E-state index in [0.717, 1.165) is 63.7 Å². The molecule has 0 aromatic heterocycles. The average Bonchev–Trinajstić information content (AvgIpc) is 3.21. The molecule has 0 aliphatic heterocycles. The Balaban J connectivity index is 4.11. The molecule has 0 saturated heterocycles. The fourth-order valence-corrected chi connectivity index (χ4v) is 7.66. The zero-order chi connectivity index (χ0) is 41.7. The molecule has 2 atom stereocenters. The molecule has 0 fully saturated rings. The lowest BCUT2D eigenvalue weighted by Gasteiger charge is -2.18. The fourth-order valence-electron chi connectivity index (χ4n) is 7.66. The molecule has 57 heavy (non-hydrogen) atoms. The zero-order valence-corrected chi connectivity index (χ0v) is 38.8. The predicted octanol–water partition coefficient (Wildman–Crippen LogP) is 16.3. The van der Waals surface area contributed by atoms with E-state index in [2.05, 4.69) is 27.7 Å². The molecule has 0 aromatic carbocycles. The van der Waals surface area contributed by atoms with Gasteiger partial charge in [-0.15, -0.1) is 0 Å². The second-order valence-electron chi connectivity index (χ2n) is 17.7. The van der Waals surface area contributed by atoms with Gasteiger partial charge in [0.1, 0.15) is 13.2 Å². The van der Waals surface area contributed by atoms with E-state index < -0.39 is 6.10 Å². The van der Waals surface area contributed by atoms with E-state index in [1.54, 1.807) is 0 Å². The van der Waals surface area contributed by atoms with Crippen molar-refractivity contribution in [2.75, 3.05) is 13.2 Å². The van der Waals surface area contributed by atoms with Crippen molar-refractivity contribution in [3.8, 4) is 0 Å². The fraction of sp³-hybridized carbons (Fsp3) is 0.941. The van der Waals surface area contributed by atoms with Crippen LogP contribution in [0.2, 0.25) is 0 Å². The number of carbonyl (C=O) groups excluding carboxylic acids is 3. The monoisotopic (exact) mass is 807 g/mol. The highest BCUT2D eigenvalue weighted by Crippen LogP contribution is 2.18. The third-order valence-corrected chi connectivity index (χ3v) is 11.9. The highest BCUT2D eigenvalue weighted by Gasteiger charge is 2.19. The molecule has 0 aromatic rings. The summed E-state index contributed by atoms with van der Waals surface area (Å²) < 4.78 is 16.7. The Morgan fingerprint density at radius 3 is 0.912 bits per heavy atom. The van der Waals surface area contributed by atoms with Crippen LogP contribution < -0.4 is 0 Å². The number of carbonyl (C=O) groups is 3. The minimum atomic E-state index is -0.758. The van der Waals surface area contributed by atoms with Gasteiger partial charge in [-0.2, -0.15) is 0 Å². The smallest absolute Gasteiger partial charge is 0.306 e. The SMILES string of the molecule is CCCCCCCCCCCCC(=O)OC[C@H](COC(=O)CCCCCCCCC)OC(=O)CCCCCCCCCCCCCCCCCCCCC(C)CC. The van der Waals surface area contributed by atoms with Crippen LogP contribution in [-0.2, 0) is 28.6 Å². The zero-order valence-electron chi connectivity index (χ0n) is 38.8. The van der Waals surface area contributed by atoms with Crippen LogP contribution in [0, 0.1) is 5.92 Å². The van der Waals surface area contributed by atoms with Gasteiger partial charge in [-0.3, -0.25) is 14.4 Å². The van der Waals surface area contributed by atoms with Crippen molar-refractivity contribution in [1.82, 2.24) is 0 Å². The lowest BCUT2D eigenvalue weighted by molar-refractivity contribution is -0.167. The van der Waals surface area contributed by atoms with E-state index in [9.17, 15) is 14.4 Å². The van der Waals surface area contributed by atoms with E-state index in [0.29, 0.717) is 19.3 Å². The van der Waals surface area contributed by atoms with Gasteiger partial charge in [-0.1, -0.05) is 246 Å². The van der Waals surface area contributed by atoms with E-state index in [-0.39, 0.29) is 31.1 Å². The Labute approximate surface area is 355 Å². The first-order valence-corrected chi connectivity index (χ1v) is 25.4. The predicted molar refractivity (Wildman–Crippen MR) is 243 cm³/mol. The molecule has 0 aliphatic rings. The normalized spacial score (nSPS) is 12.4. The van der Waals surface area contributed by atoms with Crippen LogP contribution >= 0.6 is 0 Å². The summed E-state index contributed by atoms with van der Waals surface area (Å²) in [7, 11) is 0. The summed E-state index contributed by atoms with van der Waals surface area (Å²) in [5, 5.41) is 0. The van der Waals surface area contributed by atoms with Crippen LogP contribution in [0.25, 0.3) is 0 Å². The van der Waals surface area contributed by atoms with Crippen molar-refractivity contribution in [3.63, 3.8) is 0 Å². The highest BCUT2D eigenvalue weighted by molar-refractivity contribution is 5.71. The Morgan fingerprint density at radius 1 is 0.351 bits per heavy atom. The van der Waals surface area contributed by atoms with Crippen molar-refractivity contribution in [2.45, 2.75) is 291 Å². The number of ether oxygens (including phenoxy) is 3. The van der Waals surface area contributed by atoms with Crippen LogP contribution in [-0.4, -0.2) is 37.2 Å². The summed E-state index contributed by atoms with van der Waals surface area (Å²) in [6, 6.07) is 0. The summed E-state index contributed by atoms with van der Waals surface area (Å²) in [5.74, 6) is 0.0537. The Hall–Kier alpha value is -1.59. The third kappa shape index (κ3) is 43.8. The molecule has 6 heteroatoms. The largest absolute Gasteiger partial charge is 0.462 e. The van der Waals surface area contributed by atoms with Gasteiger partial charge >= 0.3 is 17.9 Å². The molecule has 338 valence electrons. The second-order valence-corrected chi connectivity index (χ2v) is 17.7. The molecule has 0 aliphatic carbocycles. The average molecular weight is 807 g/mol. The standard InChI is InChI=1S/C51H98O6/c1-5-8-10-12-14-15-27-31-35-39-43-50(53)56-46-48(45-55-49(52)42-38-34-29-13-11-9-6-2)57-51(54)44-40-36-32-28-25-23-21-19-17-16-18-20-22-24-26-30-33-37-41-47(4)7-3/h47-48H,5-46H2,1-4H3/t47?,48-/m0/s1. The molecule has 1 unspecified atom stereocenters. The van der Waals surface area contributed by atoms with Gasteiger partial charge in [-0.05, 0) is 25.2 Å². The van der Waals surface area contributed by atoms with Gasteiger partial charge < -0.3 is 14.2 Å². The number of rotatable bonds is 46.